The number of hydrogen-bond acceptors (Lipinski definition) is 2. The largest absolute Gasteiger partial charge is 0.295 e. The second kappa shape index (κ2) is 3.46. The van der Waals surface area contributed by atoms with E-state index in [0.717, 1.165) is 6.04 Å². The van der Waals surface area contributed by atoms with Crippen molar-refractivity contribution in [2.24, 2.45) is 0 Å². The van der Waals surface area contributed by atoms with Gasteiger partial charge in [-0.3, -0.25) is 9.80 Å². The molecule has 0 atom stereocenters. The van der Waals surface area contributed by atoms with Crippen LogP contribution in [0.15, 0.2) is 0 Å². The lowest BCUT2D eigenvalue weighted by Crippen LogP contribution is -2.72. The fraction of sp³-hybridized carbons (Fsp3) is 1.00. The van der Waals surface area contributed by atoms with Gasteiger partial charge in [-0.05, 0) is 54.0 Å². The van der Waals surface area contributed by atoms with Gasteiger partial charge in [-0.25, -0.2) is 0 Å². The molecular formula is C13H26N2. The fourth-order valence-corrected chi connectivity index (χ4v) is 3.24. The summed E-state index contributed by atoms with van der Waals surface area (Å²) in [6, 6.07) is 0.717. The Hall–Kier alpha value is -0.0800. The molecule has 0 aromatic heterocycles. The summed E-state index contributed by atoms with van der Waals surface area (Å²) in [7, 11) is 0. The van der Waals surface area contributed by atoms with E-state index in [1.54, 1.807) is 0 Å². The first-order valence-corrected chi connectivity index (χ1v) is 6.37. The zero-order valence-corrected chi connectivity index (χ0v) is 11.0. The van der Waals surface area contributed by atoms with Gasteiger partial charge < -0.3 is 0 Å². The minimum absolute atomic E-state index is 0.358. The standard InChI is InChI=1S/C13H26N2/c1-11(2)15-8-6-7-13(15)9-14(10-13)12(3,4)5/h11H,6-10H2,1-5H3. The van der Waals surface area contributed by atoms with Crippen LogP contribution in [0.25, 0.3) is 0 Å². The van der Waals surface area contributed by atoms with Gasteiger partial charge in [0.1, 0.15) is 0 Å². The molecule has 2 rings (SSSR count). The highest BCUT2D eigenvalue weighted by molar-refractivity contribution is 5.10. The van der Waals surface area contributed by atoms with E-state index in [0.29, 0.717) is 11.1 Å². The molecule has 0 aliphatic carbocycles. The van der Waals surface area contributed by atoms with Gasteiger partial charge in [0.25, 0.3) is 0 Å². The Morgan fingerprint density at radius 2 is 1.73 bits per heavy atom. The molecule has 2 aliphatic rings. The lowest BCUT2D eigenvalue weighted by atomic mass is 9.82. The summed E-state index contributed by atoms with van der Waals surface area (Å²) in [4.78, 5) is 5.35. The predicted octanol–water partition coefficient (Wildman–Crippen LogP) is 2.34. The van der Waals surface area contributed by atoms with Crippen molar-refractivity contribution in [3.05, 3.63) is 0 Å². The number of likely N-dealkylation sites (tertiary alicyclic amines) is 2. The highest BCUT2D eigenvalue weighted by Crippen LogP contribution is 2.41. The molecule has 0 radical (unpaired) electrons. The molecule has 0 bridgehead atoms. The predicted molar refractivity (Wildman–Crippen MR) is 65.1 cm³/mol. The summed E-state index contributed by atoms with van der Waals surface area (Å²) in [5, 5.41) is 0. The van der Waals surface area contributed by atoms with Crippen molar-refractivity contribution in [1.82, 2.24) is 9.80 Å². The van der Waals surface area contributed by atoms with Gasteiger partial charge in [0.2, 0.25) is 0 Å². The van der Waals surface area contributed by atoms with Crippen molar-refractivity contribution < 1.29 is 0 Å². The van der Waals surface area contributed by atoms with Crippen LogP contribution in [0.5, 0.6) is 0 Å². The van der Waals surface area contributed by atoms with E-state index in [9.17, 15) is 0 Å². The first-order chi connectivity index (χ1) is 6.85. The maximum absolute atomic E-state index is 2.73. The monoisotopic (exact) mass is 210 g/mol. The lowest BCUT2D eigenvalue weighted by Gasteiger charge is -2.58. The summed E-state index contributed by atoms with van der Waals surface area (Å²) >= 11 is 0. The molecule has 2 nitrogen and oxygen atoms in total. The molecule has 2 heteroatoms. The highest BCUT2D eigenvalue weighted by Gasteiger charge is 2.52. The van der Waals surface area contributed by atoms with Gasteiger partial charge in [0.15, 0.2) is 0 Å². The molecule has 2 fully saturated rings. The summed E-state index contributed by atoms with van der Waals surface area (Å²) in [6.45, 7) is 15.6. The zero-order chi connectivity index (χ0) is 11.3. The average molecular weight is 210 g/mol. The van der Waals surface area contributed by atoms with Crippen molar-refractivity contribution >= 4 is 0 Å². The number of hydrogen-bond donors (Lipinski definition) is 0. The Labute approximate surface area is 94.6 Å². The van der Waals surface area contributed by atoms with Crippen LogP contribution in [-0.4, -0.2) is 46.6 Å². The molecule has 0 aromatic carbocycles. The third kappa shape index (κ3) is 1.83. The fourth-order valence-electron chi connectivity index (χ4n) is 3.24. The first-order valence-electron chi connectivity index (χ1n) is 6.37. The lowest BCUT2D eigenvalue weighted by molar-refractivity contribution is -0.0850. The van der Waals surface area contributed by atoms with Crippen molar-refractivity contribution in [2.45, 2.75) is 64.6 Å². The van der Waals surface area contributed by atoms with Crippen LogP contribution in [0.2, 0.25) is 0 Å². The van der Waals surface area contributed by atoms with Crippen LogP contribution in [-0.2, 0) is 0 Å². The second-order valence-corrected chi connectivity index (χ2v) is 6.64. The molecule has 2 heterocycles. The third-order valence-electron chi connectivity index (χ3n) is 4.19. The Morgan fingerprint density at radius 1 is 1.13 bits per heavy atom. The van der Waals surface area contributed by atoms with Gasteiger partial charge in [-0.2, -0.15) is 0 Å². The Bertz CT molecular complexity index is 233. The number of rotatable bonds is 1. The Balaban J connectivity index is 2.01. The molecule has 0 unspecified atom stereocenters. The molecule has 0 amide bonds. The molecule has 0 N–H and O–H groups in total. The minimum Gasteiger partial charge on any atom is -0.295 e. The van der Waals surface area contributed by atoms with E-state index >= 15 is 0 Å². The van der Waals surface area contributed by atoms with E-state index in [1.807, 2.05) is 0 Å². The first kappa shape index (κ1) is 11.4. The Morgan fingerprint density at radius 3 is 2.20 bits per heavy atom. The molecule has 2 aliphatic heterocycles. The second-order valence-electron chi connectivity index (χ2n) is 6.64. The van der Waals surface area contributed by atoms with Gasteiger partial charge in [-0.15, -0.1) is 0 Å². The normalized spacial score (nSPS) is 27.6. The quantitative estimate of drug-likeness (QED) is 0.655. The molecule has 2 saturated heterocycles. The average Bonchev–Trinajstić information content (AvgIpc) is 2.41. The van der Waals surface area contributed by atoms with Crippen LogP contribution >= 0.6 is 0 Å². The molecule has 1 spiro atoms. The number of nitrogens with zero attached hydrogens (tertiary/aromatic N) is 2. The summed E-state index contributed by atoms with van der Waals surface area (Å²) in [5.74, 6) is 0. The van der Waals surface area contributed by atoms with Crippen LogP contribution in [0.3, 0.4) is 0 Å². The summed E-state index contributed by atoms with van der Waals surface area (Å²) in [6.07, 6.45) is 2.81. The van der Waals surface area contributed by atoms with E-state index in [2.05, 4.69) is 44.4 Å². The van der Waals surface area contributed by atoms with Crippen molar-refractivity contribution in [3.63, 3.8) is 0 Å². The van der Waals surface area contributed by atoms with Gasteiger partial charge >= 0.3 is 0 Å². The Kier molecular flexibility index (Phi) is 2.63. The molecule has 0 aromatic rings. The zero-order valence-electron chi connectivity index (χ0n) is 11.0. The third-order valence-corrected chi connectivity index (χ3v) is 4.19. The van der Waals surface area contributed by atoms with Crippen LogP contribution < -0.4 is 0 Å². The molecular weight excluding hydrogens is 184 g/mol. The van der Waals surface area contributed by atoms with Crippen molar-refractivity contribution in [3.8, 4) is 0 Å². The molecule has 88 valence electrons. The van der Waals surface area contributed by atoms with Gasteiger partial charge in [0.05, 0.1) is 0 Å². The van der Waals surface area contributed by atoms with Gasteiger partial charge in [-0.1, -0.05) is 0 Å². The topological polar surface area (TPSA) is 6.48 Å². The summed E-state index contributed by atoms with van der Waals surface area (Å²) < 4.78 is 0. The van der Waals surface area contributed by atoms with Crippen LogP contribution in [0.1, 0.15) is 47.5 Å². The maximum Gasteiger partial charge on any atom is 0.0466 e. The van der Waals surface area contributed by atoms with E-state index in [1.165, 1.54) is 32.5 Å². The van der Waals surface area contributed by atoms with E-state index < -0.39 is 0 Å². The molecule has 15 heavy (non-hydrogen) atoms. The smallest absolute Gasteiger partial charge is 0.0466 e. The van der Waals surface area contributed by atoms with Crippen molar-refractivity contribution in [2.75, 3.05) is 19.6 Å². The summed E-state index contributed by atoms with van der Waals surface area (Å²) in [5.41, 5.74) is 0.901. The van der Waals surface area contributed by atoms with Crippen molar-refractivity contribution in [1.29, 1.82) is 0 Å². The molecule has 0 saturated carbocycles. The highest BCUT2D eigenvalue weighted by atomic mass is 15.4. The van der Waals surface area contributed by atoms with Crippen LogP contribution in [0.4, 0.5) is 0 Å². The van der Waals surface area contributed by atoms with E-state index in [-0.39, 0.29) is 0 Å². The SMILES string of the molecule is CC(C)N1CCCC12CN(C(C)(C)C)C2. The van der Waals surface area contributed by atoms with Crippen LogP contribution in [0, 0.1) is 0 Å². The van der Waals surface area contributed by atoms with Gasteiger partial charge in [0, 0.05) is 30.2 Å². The van der Waals surface area contributed by atoms with E-state index in [4.69, 9.17) is 0 Å². The maximum atomic E-state index is 2.73. The minimum atomic E-state index is 0.358.